The second-order valence-electron chi connectivity index (χ2n) is 7.11. The molecule has 4 aromatic carbocycles. The number of hydrogen-bond acceptors (Lipinski definition) is 1. The Balaban J connectivity index is 1.84. The van der Waals surface area contributed by atoms with Crippen LogP contribution in [0.1, 0.15) is 28.2 Å². The molecule has 4 aromatic rings. The summed E-state index contributed by atoms with van der Waals surface area (Å²) >= 11 is 0. The number of aliphatic hydroxyl groups is 1. The first-order chi connectivity index (χ1) is 13.3. The molecule has 0 radical (unpaired) electrons. The Morgan fingerprint density at radius 1 is 0.481 bits per heavy atom. The molecule has 5 rings (SSSR count). The Hall–Kier alpha value is -3.16. The molecular formula is C26H20O. The van der Waals surface area contributed by atoms with E-state index in [9.17, 15) is 5.11 Å². The van der Waals surface area contributed by atoms with E-state index < -0.39 is 5.60 Å². The minimum atomic E-state index is -1.12. The molecule has 0 fully saturated rings. The van der Waals surface area contributed by atoms with Crippen molar-refractivity contribution in [2.75, 3.05) is 0 Å². The largest absolute Gasteiger partial charge is 0.379 e. The summed E-state index contributed by atoms with van der Waals surface area (Å²) in [6.45, 7) is 0. The lowest BCUT2D eigenvalue weighted by molar-refractivity contribution is 0.0673. The summed E-state index contributed by atoms with van der Waals surface area (Å²) in [5, 5.41) is 12.4. The SMILES string of the molecule is OC1(C(c2ccccc2)c2ccccc2)c2ccccc2-c2ccccc21. The average Bonchev–Trinajstić information content (AvgIpc) is 3.00. The Kier molecular flexibility index (Phi) is 3.70. The summed E-state index contributed by atoms with van der Waals surface area (Å²) in [6, 6.07) is 37.1. The maximum absolute atomic E-state index is 12.4. The maximum atomic E-state index is 12.4. The second-order valence-corrected chi connectivity index (χ2v) is 7.11. The highest BCUT2D eigenvalue weighted by Gasteiger charge is 2.48. The van der Waals surface area contributed by atoms with E-state index >= 15 is 0 Å². The van der Waals surface area contributed by atoms with Crippen molar-refractivity contribution in [3.8, 4) is 11.1 Å². The number of hydrogen-bond donors (Lipinski definition) is 1. The predicted molar refractivity (Wildman–Crippen MR) is 110 cm³/mol. The van der Waals surface area contributed by atoms with Gasteiger partial charge in [-0.05, 0) is 33.4 Å². The van der Waals surface area contributed by atoms with E-state index in [0.717, 1.165) is 33.4 Å². The van der Waals surface area contributed by atoms with E-state index in [4.69, 9.17) is 0 Å². The van der Waals surface area contributed by atoms with Gasteiger partial charge in [0.1, 0.15) is 5.60 Å². The van der Waals surface area contributed by atoms with Crippen LogP contribution < -0.4 is 0 Å². The zero-order valence-corrected chi connectivity index (χ0v) is 14.9. The van der Waals surface area contributed by atoms with Crippen molar-refractivity contribution in [1.82, 2.24) is 0 Å². The van der Waals surface area contributed by atoms with Crippen molar-refractivity contribution in [2.24, 2.45) is 0 Å². The highest BCUT2D eigenvalue weighted by molar-refractivity contribution is 5.81. The van der Waals surface area contributed by atoms with Crippen LogP contribution in [-0.4, -0.2) is 5.11 Å². The molecule has 1 heteroatoms. The van der Waals surface area contributed by atoms with Crippen molar-refractivity contribution >= 4 is 0 Å². The fourth-order valence-corrected chi connectivity index (χ4v) is 4.52. The zero-order valence-electron chi connectivity index (χ0n) is 14.9. The normalized spacial score (nSPS) is 14.0. The first kappa shape index (κ1) is 16.0. The molecule has 1 aliphatic carbocycles. The highest BCUT2D eigenvalue weighted by atomic mass is 16.3. The topological polar surface area (TPSA) is 20.2 Å². The quantitative estimate of drug-likeness (QED) is 0.501. The minimum Gasteiger partial charge on any atom is -0.379 e. The second kappa shape index (κ2) is 6.22. The van der Waals surface area contributed by atoms with E-state index in [1.807, 2.05) is 60.7 Å². The molecule has 0 aliphatic heterocycles. The van der Waals surface area contributed by atoms with Gasteiger partial charge in [0.15, 0.2) is 0 Å². The maximum Gasteiger partial charge on any atom is 0.127 e. The lowest BCUT2D eigenvalue weighted by Crippen LogP contribution is -2.33. The van der Waals surface area contributed by atoms with Crippen LogP contribution in [-0.2, 0) is 5.60 Å². The van der Waals surface area contributed by atoms with Crippen LogP contribution in [0.25, 0.3) is 11.1 Å². The van der Waals surface area contributed by atoms with Crippen LogP contribution >= 0.6 is 0 Å². The van der Waals surface area contributed by atoms with Crippen molar-refractivity contribution in [3.63, 3.8) is 0 Å². The van der Waals surface area contributed by atoms with Gasteiger partial charge in [-0.25, -0.2) is 0 Å². The number of rotatable bonds is 3. The van der Waals surface area contributed by atoms with Gasteiger partial charge in [-0.3, -0.25) is 0 Å². The van der Waals surface area contributed by atoms with E-state index in [0.29, 0.717) is 0 Å². The molecule has 0 saturated carbocycles. The van der Waals surface area contributed by atoms with Gasteiger partial charge >= 0.3 is 0 Å². The fraction of sp³-hybridized carbons (Fsp3) is 0.0769. The minimum absolute atomic E-state index is 0.190. The van der Waals surface area contributed by atoms with Crippen molar-refractivity contribution in [1.29, 1.82) is 0 Å². The predicted octanol–water partition coefficient (Wildman–Crippen LogP) is 5.74. The molecule has 27 heavy (non-hydrogen) atoms. The molecule has 130 valence electrons. The standard InChI is InChI=1S/C26H20O/c27-26(23-17-9-7-15-21(23)22-16-8-10-18-24(22)26)25(19-11-3-1-4-12-19)20-13-5-2-6-14-20/h1-18,25,27H. The molecule has 1 nitrogen and oxygen atoms in total. The van der Waals surface area contributed by atoms with Gasteiger partial charge in [0.2, 0.25) is 0 Å². The third kappa shape index (κ3) is 2.36. The van der Waals surface area contributed by atoms with Gasteiger partial charge in [-0.2, -0.15) is 0 Å². The molecule has 1 N–H and O–H groups in total. The molecular weight excluding hydrogens is 328 g/mol. The first-order valence-corrected chi connectivity index (χ1v) is 9.32. The van der Waals surface area contributed by atoms with Crippen LogP contribution in [0.2, 0.25) is 0 Å². The summed E-state index contributed by atoms with van der Waals surface area (Å²) in [6.07, 6.45) is 0. The van der Waals surface area contributed by atoms with E-state index in [2.05, 4.69) is 48.5 Å². The van der Waals surface area contributed by atoms with Gasteiger partial charge in [0, 0.05) is 5.92 Å². The van der Waals surface area contributed by atoms with Crippen molar-refractivity contribution < 1.29 is 5.11 Å². The van der Waals surface area contributed by atoms with Crippen molar-refractivity contribution in [2.45, 2.75) is 11.5 Å². The summed E-state index contributed by atoms with van der Waals surface area (Å²) in [4.78, 5) is 0. The van der Waals surface area contributed by atoms with Crippen LogP contribution in [0.5, 0.6) is 0 Å². The highest BCUT2D eigenvalue weighted by Crippen LogP contribution is 2.55. The summed E-state index contributed by atoms with van der Waals surface area (Å²) < 4.78 is 0. The van der Waals surface area contributed by atoms with E-state index in [1.165, 1.54) is 0 Å². The molecule has 0 saturated heterocycles. The molecule has 0 spiro atoms. The number of benzene rings is 4. The third-order valence-electron chi connectivity index (χ3n) is 5.65. The van der Waals surface area contributed by atoms with Gasteiger partial charge in [0.05, 0.1) is 0 Å². The van der Waals surface area contributed by atoms with Gasteiger partial charge in [-0.1, -0.05) is 109 Å². The molecule has 0 aromatic heterocycles. The Bertz CT molecular complexity index is 998. The van der Waals surface area contributed by atoms with Gasteiger partial charge in [-0.15, -0.1) is 0 Å². The van der Waals surface area contributed by atoms with Gasteiger partial charge < -0.3 is 5.11 Å². The zero-order chi connectivity index (χ0) is 18.3. The Morgan fingerprint density at radius 2 is 0.852 bits per heavy atom. The van der Waals surface area contributed by atoms with E-state index in [1.54, 1.807) is 0 Å². The van der Waals surface area contributed by atoms with Crippen LogP contribution in [0, 0.1) is 0 Å². The lowest BCUT2D eigenvalue weighted by atomic mass is 9.72. The molecule has 0 heterocycles. The average molecular weight is 348 g/mol. The third-order valence-corrected chi connectivity index (χ3v) is 5.65. The molecule has 0 unspecified atom stereocenters. The van der Waals surface area contributed by atoms with Gasteiger partial charge in [0.25, 0.3) is 0 Å². The Labute approximate surface area is 159 Å². The van der Waals surface area contributed by atoms with Crippen LogP contribution in [0.15, 0.2) is 109 Å². The summed E-state index contributed by atoms with van der Waals surface area (Å²) in [5.41, 5.74) is 5.29. The molecule has 0 amide bonds. The smallest absolute Gasteiger partial charge is 0.127 e. The molecule has 0 bridgehead atoms. The van der Waals surface area contributed by atoms with Crippen LogP contribution in [0.3, 0.4) is 0 Å². The fourth-order valence-electron chi connectivity index (χ4n) is 4.52. The first-order valence-electron chi connectivity index (χ1n) is 9.32. The number of fused-ring (bicyclic) bond motifs is 3. The summed E-state index contributed by atoms with van der Waals surface area (Å²) in [5.74, 6) is -0.190. The molecule has 0 atom stereocenters. The van der Waals surface area contributed by atoms with Crippen LogP contribution in [0.4, 0.5) is 0 Å². The lowest BCUT2D eigenvalue weighted by Gasteiger charge is -2.36. The monoisotopic (exact) mass is 348 g/mol. The summed E-state index contributed by atoms with van der Waals surface area (Å²) in [7, 11) is 0. The Morgan fingerprint density at radius 3 is 1.30 bits per heavy atom. The van der Waals surface area contributed by atoms with E-state index in [-0.39, 0.29) is 5.92 Å². The van der Waals surface area contributed by atoms with Crippen molar-refractivity contribution in [3.05, 3.63) is 131 Å². The molecule has 1 aliphatic rings.